The van der Waals surface area contributed by atoms with Crippen LogP contribution in [-0.4, -0.2) is 25.0 Å². The van der Waals surface area contributed by atoms with Crippen LogP contribution in [-0.2, 0) is 0 Å². The molecule has 5 rings (SSSR count). The first-order chi connectivity index (χ1) is 14.7. The third-order valence-corrected chi connectivity index (χ3v) is 4.59. The predicted molar refractivity (Wildman–Crippen MR) is 108 cm³/mol. The molecule has 0 radical (unpaired) electrons. The van der Waals surface area contributed by atoms with Gasteiger partial charge in [0.25, 0.3) is 11.8 Å². The van der Waals surface area contributed by atoms with Gasteiger partial charge in [-0.3, -0.25) is 9.59 Å². The van der Waals surface area contributed by atoms with Gasteiger partial charge in [0.05, 0.1) is 6.26 Å². The summed E-state index contributed by atoms with van der Waals surface area (Å²) in [4.78, 5) is 25.5. The van der Waals surface area contributed by atoms with E-state index < -0.39 is 11.8 Å². The highest BCUT2D eigenvalue weighted by molar-refractivity contribution is 6.16. The molecule has 8 heteroatoms. The van der Waals surface area contributed by atoms with E-state index >= 15 is 0 Å². The van der Waals surface area contributed by atoms with Gasteiger partial charge in [-0.15, -0.1) is 0 Å². The Hall–Kier alpha value is -4.20. The number of carbonyl (C=O) groups is 2. The molecule has 2 N–H and O–H groups in total. The first-order valence-corrected chi connectivity index (χ1v) is 9.26. The summed E-state index contributed by atoms with van der Waals surface area (Å²) in [7, 11) is 0. The molecule has 2 aromatic carbocycles. The van der Waals surface area contributed by atoms with E-state index in [-0.39, 0.29) is 17.2 Å². The van der Waals surface area contributed by atoms with Crippen molar-refractivity contribution in [2.24, 2.45) is 0 Å². The van der Waals surface area contributed by atoms with Gasteiger partial charge in [-0.1, -0.05) is 12.1 Å². The van der Waals surface area contributed by atoms with E-state index in [0.29, 0.717) is 41.4 Å². The molecule has 30 heavy (non-hydrogen) atoms. The van der Waals surface area contributed by atoms with Crippen LogP contribution in [0.4, 0.5) is 11.4 Å². The van der Waals surface area contributed by atoms with Gasteiger partial charge >= 0.3 is 0 Å². The molecule has 1 aliphatic rings. The molecule has 8 nitrogen and oxygen atoms in total. The molecular formula is C22H16N2O6. The number of hydrogen-bond acceptors (Lipinski definition) is 6. The monoisotopic (exact) mass is 404 g/mol. The molecule has 0 saturated carbocycles. The summed E-state index contributed by atoms with van der Waals surface area (Å²) in [5.41, 5.74) is 1.25. The third-order valence-electron chi connectivity index (χ3n) is 4.59. The Balaban J connectivity index is 1.47. The quantitative estimate of drug-likeness (QED) is 0.526. The van der Waals surface area contributed by atoms with Gasteiger partial charge in [-0.25, -0.2) is 0 Å². The largest absolute Gasteiger partial charge is 0.486 e. The van der Waals surface area contributed by atoms with E-state index in [4.69, 9.17) is 18.3 Å². The lowest BCUT2D eigenvalue weighted by Gasteiger charge is -2.18. The topological polar surface area (TPSA) is 103 Å². The van der Waals surface area contributed by atoms with Crippen molar-refractivity contribution in [3.8, 4) is 11.5 Å². The third kappa shape index (κ3) is 3.24. The van der Waals surface area contributed by atoms with E-state index in [9.17, 15) is 9.59 Å². The number of fused-ring (bicyclic) bond motifs is 2. The zero-order valence-corrected chi connectivity index (χ0v) is 15.6. The van der Waals surface area contributed by atoms with Crippen LogP contribution in [0.15, 0.2) is 69.7 Å². The molecule has 4 aromatic rings. The van der Waals surface area contributed by atoms with Crippen molar-refractivity contribution in [2.45, 2.75) is 0 Å². The van der Waals surface area contributed by atoms with Crippen molar-refractivity contribution in [2.75, 3.05) is 23.8 Å². The maximum atomic E-state index is 13.0. The number of benzene rings is 2. The number of para-hydroxylation sites is 1. The van der Waals surface area contributed by atoms with Crippen molar-refractivity contribution in [3.05, 3.63) is 72.4 Å². The van der Waals surface area contributed by atoms with Crippen LogP contribution in [0.1, 0.15) is 21.1 Å². The summed E-state index contributed by atoms with van der Waals surface area (Å²) in [5.74, 6) is 0.270. The van der Waals surface area contributed by atoms with Gasteiger partial charge in [0.1, 0.15) is 24.5 Å². The van der Waals surface area contributed by atoms with Gasteiger partial charge in [0.15, 0.2) is 17.3 Å². The standard InChI is InChI=1S/C22H16N2O6/c25-21(17-6-3-9-27-17)24-19-14-4-1-2-5-15(14)30-20(19)22(26)23-13-7-8-16-18(12-13)29-11-10-28-16/h1-9,12H,10-11H2,(H,23,26)(H,24,25). The highest BCUT2D eigenvalue weighted by Gasteiger charge is 2.24. The lowest BCUT2D eigenvalue weighted by molar-refractivity contribution is 0.0996. The Morgan fingerprint density at radius 1 is 0.833 bits per heavy atom. The number of anilines is 2. The minimum absolute atomic E-state index is 0.0222. The minimum atomic E-state index is -0.516. The molecule has 0 atom stereocenters. The smallest absolute Gasteiger partial charge is 0.293 e. The second-order valence-electron chi connectivity index (χ2n) is 6.55. The molecule has 2 aromatic heterocycles. The number of carbonyl (C=O) groups excluding carboxylic acids is 2. The van der Waals surface area contributed by atoms with Crippen molar-refractivity contribution in [3.63, 3.8) is 0 Å². The molecule has 1 aliphatic heterocycles. The molecule has 150 valence electrons. The summed E-state index contributed by atoms with van der Waals surface area (Å²) in [5, 5.41) is 6.10. The Labute approximate surface area is 170 Å². The second-order valence-corrected chi connectivity index (χ2v) is 6.55. The van der Waals surface area contributed by atoms with Gasteiger partial charge in [-0.2, -0.15) is 0 Å². The number of hydrogen-bond donors (Lipinski definition) is 2. The van der Waals surface area contributed by atoms with Crippen molar-refractivity contribution >= 4 is 34.2 Å². The van der Waals surface area contributed by atoms with E-state index in [1.54, 1.807) is 48.5 Å². The SMILES string of the molecule is O=C(Nc1c(C(=O)Nc2ccc3c(c2)OCCO3)oc2ccccc12)c1ccco1. The highest BCUT2D eigenvalue weighted by Crippen LogP contribution is 2.34. The summed E-state index contributed by atoms with van der Waals surface area (Å²) in [6.45, 7) is 0.924. The Morgan fingerprint density at radius 2 is 1.67 bits per heavy atom. The molecule has 0 saturated heterocycles. The van der Waals surface area contributed by atoms with Crippen molar-refractivity contribution < 1.29 is 27.9 Å². The molecule has 3 heterocycles. The van der Waals surface area contributed by atoms with E-state index in [2.05, 4.69) is 10.6 Å². The number of furan rings is 2. The van der Waals surface area contributed by atoms with E-state index in [1.165, 1.54) is 12.3 Å². The van der Waals surface area contributed by atoms with Crippen molar-refractivity contribution in [1.82, 2.24) is 0 Å². The van der Waals surface area contributed by atoms with Crippen LogP contribution in [0.5, 0.6) is 11.5 Å². The number of nitrogens with one attached hydrogen (secondary N) is 2. The molecule has 2 amide bonds. The first kappa shape index (κ1) is 17.9. The average Bonchev–Trinajstić information content (AvgIpc) is 3.42. The zero-order valence-electron chi connectivity index (χ0n) is 15.6. The van der Waals surface area contributed by atoms with Crippen LogP contribution >= 0.6 is 0 Å². The summed E-state index contributed by atoms with van der Waals surface area (Å²) in [6, 6.07) is 15.3. The first-order valence-electron chi connectivity index (χ1n) is 9.26. The van der Waals surface area contributed by atoms with Crippen LogP contribution < -0.4 is 20.1 Å². The normalized spacial score (nSPS) is 12.5. The average molecular weight is 404 g/mol. The number of ether oxygens (including phenoxy) is 2. The summed E-state index contributed by atoms with van der Waals surface area (Å²) in [6.07, 6.45) is 1.40. The Morgan fingerprint density at radius 3 is 2.50 bits per heavy atom. The van der Waals surface area contributed by atoms with Crippen LogP contribution in [0.3, 0.4) is 0 Å². The molecule has 0 aliphatic carbocycles. The number of rotatable bonds is 4. The fourth-order valence-corrected chi connectivity index (χ4v) is 3.22. The highest BCUT2D eigenvalue weighted by atomic mass is 16.6. The van der Waals surface area contributed by atoms with Crippen LogP contribution in [0.2, 0.25) is 0 Å². The molecule has 0 bridgehead atoms. The summed E-state index contributed by atoms with van der Waals surface area (Å²) < 4.78 is 21.9. The predicted octanol–water partition coefficient (Wildman–Crippen LogP) is 4.30. The molecule has 0 fully saturated rings. The minimum Gasteiger partial charge on any atom is -0.486 e. The maximum absolute atomic E-state index is 13.0. The van der Waals surface area contributed by atoms with E-state index in [1.807, 2.05) is 0 Å². The lowest BCUT2D eigenvalue weighted by Crippen LogP contribution is -2.18. The van der Waals surface area contributed by atoms with Crippen LogP contribution in [0, 0.1) is 0 Å². The van der Waals surface area contributed by atoms with Gasteiger partial charge in [-0.05, 0) is 36.4 Å². The van der Waals surface area contributed by atoms with Gasteiger partial charge in [0, 0.05) is 17.1 Å². The van der Waals surface area contributed by atoms with Gasteiger partial charge in [0.2, 0.25) is 5.76 Å². The van der Waals surface area contributed by atoms with Crippen LogP contribution in [0.25, 0.3) is 11.0 Å². The van der Waals surface area contributed by atoms with Gasteiger partial charge < -0.3 is 28.9 Å². The van der Waals surface area contributed by atoms with E-state index in [0.717, 1.165) is 0 Å². The lowest BCUT2D eigenvalue weighted by atomic mass is 10.2. The fourth-order valence-electron chi connectivity index (χ4n) is 3.22. The van der Waals surface area contributed by atoms with Crippen molar-refractivity contribution in [1.29, 1.82) is 0 Å². The maximum Gasteiger partial charge on any atom is 0.293 e. The second kappa shape index (κ2) is 7.32. The molecule has 0 spiro atoms. The summed E-state index contributed by atoms with van der Waals surface area (Å²) >= 11 is 0. The zero-order chi connectivity index (χ0) is 20.5. The number of amides is 2. The Kier molecular flexibility index (Phi) is 4.36. The Bertz CT molecular complexity index is 1240. The molecule has 0 unspecified atom stereocenters. The molecular weight excluding hydrogens is 388 g/mol. The fraction of sp³-hybridized carbons (Fsp3) is 0.0909.